The van der Waals surface area contributed by atoms with Crippen molar-refractivity contribution < 1.29 is 22.6 Å². The summed E-state index contributed by atoms with van der Waals surface area (Å²) in [6.07, 6.45) is 3.47. The first-order valence-corrected chi connectivity index (χ1v) is 16.1. The van der Waals surface area contributed by atoms with Gasteiger partial charge in [0.2, 0.25) is 16.8 Å². The highest BCUT2D eigenvalue weighted by atomic mass is 32.2. The van der Waals surface area contributed by atoms with E-state index < -0.39 is 10.0 Å². The van der Waals surface area contributed by atoms with Gasteiger partial charge in [0, 0.05) is 18.7 Å². The molecule has 7 heteroatoms. The number of hydrogen-bond donors (Lipinski definition) is 0. The van der Waals surface area contributed by atoms with Gasteiger partial charge in [0.15, 0.2) is 11.5 Å². The van der Waals surface area contributed by atoms with Crippen LogP contribution in [0.3, 0.4) is 0 Å². The molecule has 6 nitrogen and oxygen atoms in total. The standard InChI is InChI=1S/C34H45NO5S/c1-7-33(3,4)27-17-19-30(29(23-27)34(5,6)8-2)38-21-13-12-20-35(41(36,37)28-14-10-9-11-15-28)24-26-16-18-31-32(22-26)40-25-39-31/h9-11,14-19,22-23H,7-8,12-13,20-21,24-25H2,1-6H3. The van der Waals surface area contributed by atoms with Gasteiger partial charge in [-0.05, 0) is 78.0 Å². The van der Waals surface area contributed by atoms with Crippen molar-refractivity contribution in [2.45, 2.75) is 89.5 Å². The maximum absolute atomic E-state index is 13.6. The lowest BCUT2D eigenvalue weighted by Gasteiger charge is -2.30. The van der Waals surface area contributed by atoms with Gasteiger partial charge < -0.3 is 14.2 Å². The second-order valence-electron chi connectivity index (χ2n) is 12.1. The van der Waals surface area contributed by atoms with Crippen LogP contribution < -0.4 is 14.2 Å². The SMILES string of the molecule is CCC(C)(C)c1ccc(OCCCCN(Cc2ccc3c(c2)OCO3)S(=O)(=O)c2ccccc2)c(C(C)(C)CC)c1. The largest absolute Gasteiger partial charge is 0.493 e. The van der Waals surface area contributed by atoms with Crippen LogP contribution in [0.25, 0.3) is 0 Å². The molecule has 0 N–H and O–H groups in total. The molecule has 0 saturated carbocycles. The molecule has 1 aliphatic rings. The van der Waals surface area contributed by atoms with E-state index in [1.807, 2.05) is 24.3 Å². The molecule has 0 atom stereocenters. The Hall–Kier alpha value is -3.03. The Kier molecular flexibility index (Phi) is 9.70. The quantitative estimate of drug-likeness (QED) is 0.182. The molecule has 1 heterocycles. The van der Waals surface area contributed by atoms with Gasteiger partial charge in [0.05, 0.1) is 11.5 Å². The Morgan fingerprint density at radius 2 is 1.54 bits per heavy atom. The third-order valence-electron chi connectivity index (χ3n) is 8.49. The first-order valence-electron chi connectivity index (χ1n) is 14.7. The van der Waals surface area contributed by atoms with Crippen molar-refractivity contribution in [1.82, 2.24) is 4.31 Å². The summed E-state index contributed by atoms with van der Waals surface area (Å²) in [7, 11) is -3.68. The molecule has 0 radical (unpaired) electrons. The van der Waals surface area contributed by atoms with Crippen LogP contribution in [0.1, 0.15) is 83.9 Å². The van der Waals surface area contributed by atoms with E-state index in [1.165, 1.54) is 11.1 Å². The Bertz CT molecular complexity index is 1420. The van der Waals surface area contributed by atoms with Crippen LogP contribution in [-0.4, -0.2) is 32.7 Å². The minimum Gasteiger partial charge on any atom is -0.493 e. The van der Waals surface area contributed by atoms with E-state index >= 15 is 0 Å². The van der Waals surface area contributed by atoms with Crippen LogP contribution in [-0.2, 0) is 27.4 Å². The molecule has 0 spiro atoms. The highest BCUT2D eigenvalue weighted by molar-refractivity contribution is 7.89. The van der Waals surface area contributed by atoms with Crippen LogP contribution in [0.4, 0.5) is 0 Å². The van der Waals surface area contributed by atoms with Crippen molar-refractivity contribution in [2.24, 2.45) is 0 Å². The molecule has 0 saturated heterocycles. The van der Waals surface area contributed by atoms with E-state index in [-0.39, 0.29) is 24.2 Å². The van der Waals surface area contributed by atoms with Crippen molar-refractivity contribution in [3.05, 3.63) is 83.4 Å². The molecule has 0 amide bonds. The van der Waals surface area contributed by atoms with Gasteiger partial charge in [-0.2, -0.15) is 4.31 Å². The molecule has 222 valence electrons. The summed E-state index contributed by atoms with van der Waals surface area (Å²) in [5.41, 5.74) is 3.50. The Morgan fingerprint density at radius 1 is 0.829 bits per heavy atom. The van der Waals surface area contributed by atoms with Crippen molar-refractivity contribution in [3.8, 4) is 17.2 Å². The summed E-state index contributed by atoms with van der Waals surface area (Å²) in [4.78, 5) is 0.290. The van der Waals surface area contributed by atoms with Gasteiger partial charge in [0.1, 0.15) is 5.75 Å². The third-order valence-corrected chi connectivity index (χ3v) is 10.4. The lowest BCUT2D eigenvalue weighted by atomic mass is 9.76. The van der Waals surface area contributed by atoms with Crippen LogP contribution in [0, 0.1) is 0 Å². The van der Waals surface area contributed by atoms with E-state index in [2.05, 4.69) is 59.7 Å². The van der Waals surface area contributed by atoms with Crippen LogP contribution in [0.15, 0.2) is 71.6 Å². The van der Waals surface area contributed by atoms with E-state index in [1.54, 1.807) is 28.6 Å². The summed E-state index contributed by atoms with van der Waals surface area (Å²) in [5, 5.41) is 0. The first-order chi connectivity index (χ1) is 19.5. The normalized spacial score (nSPS) is 13.5. The maximum Gasteiger partial charge on any atom is 0.243 e. The molecule has 3 aromatic rings. The fourth-order valence-corrected chi connectivity index (χ4v) is 6.33. The molecule has 0 aromatic heterocycles. The number of rotatable bonds is 14. The molecular weight excluding hydrogens is 534 g/mol. The number of hydrogen-bond acceptors (Lipinski definition) is 5. The van der Waals surface area contributed by atoms with Gasteiger partial charge in [-0.1, -0.05) is 77.9 Å². The topological polar surface area (TPSA) is 65.1 Å². The lowest BCUT2D eigenvalue weighted by Crippen LogP contribution is -2.32. The fourth-order valence-electron chi connectivity index (χ4n) is 4.84. The zero-order chi connectivity index (χ0) is 29.7. The van der Waals surface area contributed by atoms with Gasteiger partial charge in [-0.15, -0.1) is 0 Å². The summed E-state index contributed by atoms with van der Waals surface area (Å²) in [6, 6.07) is 20.8. The van der Waals surface area contributed by atoms with Gasteiger partial charge >= 0.3 is 0 Å². The Balaban J connectivity index is 1.45. The number of nitrogens with zero attached hydrogens (tertiary/aromatic N) is 1. The van der Waals surface area contributed by atoms with Crippen molar-refractivity contribution in [2.75, 3.05) is 19.9 Å². The number of unbranched alkanes of at least 4 members (excludes halogenated alkanes) is 1. The summed E-state index contributed by atoms with van der Waals surface area (Å²) < 4.78 is 46.1. The predicted octanol–water partition coefficient (Wildman–Crippen LogP) is 7.84. The maximum atomic E-state index is 13.6. The van der Waals surface area contributed by atoms with Crippen LogP contribution in [0.2, 0.25) is 0 Å². The molecular formula is C34H45NO5S. The Labute approximate surface area is 246 Å². The molecule has 41 heavy (non-hydrogen) atoms. The van der Waals surface area contributed by atoms with E-state index in [4.69, 9.17) is 14.2 Å². The number of fused-ring (bicyclic) bond motifs is 1. The van der Waals surface area contributed by atoms with Crippen LogP contribution >= 0.6 is 0 Å². The number of ether oxygens (including phenoxy) is 3. The first kappa shape index (κ1) is 30.9. The zero-order valence-corrected chi connectivity index (χ0v) is 26.2. The van der Waals surface area contributed by atoms with E-state index in [9.17, 15) is 8.42 Å². The second kappa shape index (κ2) is 12.9. The third kappa shape index (κ3) is 7.25. The van der Waals surface area contributed by atoms with Gasteiger partial charge in [-0.25, -0.2) is 8.42 Å². The molecule has 0 fully saturated rings. The molecule has 0 bridgehead atoms. The summed E-state index contributed by atoms with van der Waals surface area (Å²) in [5.74, 6) is 2.24. The monoisotopic (exact) mass is 579 g/mol. The molecule has 1 aliphatic heterocycles. The highest BCUT2D eigenvalue weighted by Crippen LogP contribution is 2.38. The van der Waals surface area contributed by atoms with Gasteiger partial charge in [0.25, 0.3) is 0 Å². The molecule has 4 rings (SSSR count). The summed E-state index contributed by atoms with van der Waals surface area (Å²) >= 11 is 0. The smallest absolute Gasteiger partial charge is 0.243 e. The zero-order valence-electron chi connectivity index (χ0n) is 25.4. The van der Waals surface area contributed by atoms with Crippen molar-refractivity contribution >= 4 is 10.0 Å². The predicted molar refractivity (Wildman–Crippen MR) is 164 cm³/mol. The average Bonchev–Trinajstić information content (AvgIpc) is 3.44. The van der Waals surface area contributed by atoms with E-state index in [0.29, 0.717) is 36.0 Å². The van der Waals surface area contributed by atoms with Crippen molar-refractivity contribution in [3.63, 3.8) is 0 Å². The van der Waals surface area contributed by atoms with Crippen LogP contribution in [0.5, 0.6) is 17.2 Å². The minimum atomic E-state index is -3.68. The number of benzene rings is 3. The van der Waals surface area contributed by atoms with Crippen molar-refractivity contribution in [1.29, 1.82) is 0 Å². The number of sulfonamides is 1. The van der Waals surface area contributed by atoms with E-state index in [0.717, 1.165) is 30.6 Å². The minimum absolute atomic E-state index is 0.0136. The fraction of sp³-hybridized carbons (Fsp3) is 0.471. The second-order valence-corrected chi connectivity index (χ2v) is 14.0. The lowest BCUT2D eigenvalue weighted by molar-refractivity contribution is 0.174. The average molecular weight is 580 g/mol. The molecule has 0 aliphatic carbocycles. The highest BCUT2D eigenvalue weighted by Gasteiger charge is 2.27. The Morgan fingerprint density at radius 3 is 2.24 bits per heavy atom. The van der Waals surface area contributed by atoms with Gasteiger partial charge in [-0.3, -0.25) is 0 Å². The summed E-state index contributed by atoms with van der Waals surface area (Å²) in [6.45, 7) is 14.9. The molecule has 3 aromatic carbocycles. The molecule has 0 unspecified atom stereocenters.